The van der Waals surface area contributed by atoms with Crippen LogP contribution in [0.25, 0.3) is 0 Å². The van der Waals surface area contributed by atoms with E-state index in [4.69, 9.17) is 9.47 Å². The van der Waals surface area contributed by atoms with Crippen LogP contribution in [0, 0.1) is 0 Å². The molecule has 1 saturated heterocycles. The molecule has 0 saturated carbocycles. The molecular formula is C15H19NO5S2. The molecule has 0 radical (unpaired) electrons. The van der Waals surface area contributed by atoms with Crippen LogP contribution in [0.15, 0.2) is 23.1 Å². The summed E-state index contributed by atoms with van der Waals surface area (Å²) in [4.78, 5) is 12.9. The number of hydrogen-bond donors (Lipinski definition) is 1. The summed E-state index contributed by atoms with van der Waals surface area (Å²) in [6.07, 6.45) is 1.35. The van der Waals surface area contributed by atoms with Crippen LogP contribution in [0.4, 0.5) is 0 Å². The monoisotopic (exact) mass is 357 g/mol. The first kappa shape index (κ1) is 16.4. The Hall–Kier alpha value is -1.41. The zero-order valence-electron chi connectivity index (χ0n) is 12.6. The minimum absolute atomic E-state index is 0.0490. The van der Waals surface area contributed by atoms with E-state index in [0.717, 1.165) is 17.1 Å². The van der Waals surface area contributed by atoms with E-state index in [9.17, 15) is 13.2 Å². The second-order valence-corrected chi connectivity index (χ2v) is 8.89. The summed E-state index contributed by atoms with van der Waals surface area (Å²) in [6, 6.07) is 5.37. The smallest absolute Gasteiger partial charge is 0.230 e. The van der Waals surface area contributed by atoms with E-state index >= 15 is 0 Å². The van der Waals surface area contributed by atoms with Crippen LogP contribution in [0.5, 0.6) is 11.5 Å². The molecule has 0 bridgehead atoms. The number of thioether (sulfide) groups is 1. The molecule has 3 rings (SSSR count). The fourth-order valence-corrected chi connectivity index (χ4v) is 4.97. The number of hydrogen-bond acceptors (Lipinski definition) is 6. The molecule has 2 heterocycles. The lowest BCUT2D eigenvalue weighted by Crippen LogP contribution is -2.36. The Morgan fingerprint density at radius 2 is 2.04 bits per heavy atom. The highest BCUT2D eigenvalue weighted by Crippen LogP contribution is 2.33. The van der Waals surface area contributed by atoms with E-state index in [2.05, 4.69) is 5.32 Å². The minimum atomic E-state index is -2.97. The first-order valence-electron chi connectivity index (χ1n) is 7.54. The molecule has 6 nitrogen and oxygen atoms in total. The molecule has 1 fully saturated rings. The predicted octanol–water partition coefficient (Wildman–Crippen LogP) is 1.24. The average molecular weight is 357 g/mol. The van der Waals surface area contributed by atoms with Gasteiger partial charge in [-0.3, -0.25) is 4.79 Å². The molecular weight excluding hydrogens is 338 g/mol. The van der Waals surface area contributed by atoms with Crippen molar-refractivity contribution < 1.29 is 22.7 Å². The molecule has 1 aromatic carbocycles. The van der Waals surface area contributed by atoms with Gasteiger partial charge in [-0.05, 0) is 24.6 Å². The van der Waals surface area contributed by atoms with Gasteiger partial charge in [0.05, 0.1) is 30.5 Å². The van der Waals surface area contributed by atoms with Gasteiger partial charge in [0, 0.05) is 17.4 Å². The summed E-state index contributed by atoms with van der Waals surface area (Å²) in [5.41, 5.74) is 0. The standard InChI is InChI=1S/C15H19NO5S2/c17-15(16-11-4-7-23(18,19)10-11)9-22-12-2-3-13-14(8-12)21-6-1-5-20-13/h2-3,8,11H,1,4-7,9-10H2,(H,16,17). The van der Waals surface area contributed by atoms with Crippen molar-refractivity contribution in [1.82, 2.24) is 5.32 Å². The zero-order chi connectivity index (χ0) is 16.3. The van der Waals surface area contributed by atoms with Crippen LogP contribution in [0.3, 0.4) is 0 Å². The van der Waals surface area contributed by atoms with Crippen LogP contribution in [-0.4, -0.2) is 50.8 Å². The number of ether oxygens (including phenoxy) is 2. The number of carbonyl (C=O) groups is 1. The topological polar surface area (TPSA) is 81.7 Å². The second kappa shape index (κ2) is 7.00. The van der Waals surface area contributed by atoms with Crippen molar-refractivity contribution in [2.45, 2.75) is 23.8 Å². The molecule has 1 unspecified atom stereocenters. The fraction of sp³-hybridized carbons (Fsp3) is 0.533. The quantitative estimate of drug-likeness (QED) is 0.817. The second-order valence-electron chi connectivity index (χ2n) is 5.62. The van der Waals surface area contributed by atoms with E-state index in [1.54, 1.807) is 0 Å². The maximum absolute atomic E-state index is 11.9. The average Bonchev–Trinajstić information content (AvgIpc) is 2.72. The first-order chi connectivity index (χ1) is 11.0. The molecule has 126 valence electrons. The number of carbonyl (C=O) groups excluding carboxylic acids is 1. The van der Waals surface area contributed by atoms with E-state index in [0.29, 0.717) is 25.4 Å². The molecule has 23 heavy (non-hydrogen) atoms. The maximum atomic E-state index is 11.9. The lowest BCUT2D eigenvalue weighted by molar-refractivity contribution is -0.119. The normalized spacial score (nSPS) is 22.3. The van der Waals surface area contributed by atoms with Crippen LogP contribution >= 0.6 is 11.8 Å². The third-order valence-corrected chi connectivity index (χ3v) is 6.45. The minimum Gasteiger partial charge on any atom is -0.490 e. The van der Waals surface area contributed by atoms with Gasteiger partial charge < -0.3 is 14.8 Å². The molecule has 1 aromatic rings. The summed E-state index contributed by atoms with van der Waals surface area (Å²) < 4.78 is 34.0. The molecule has 1 amide bonds. The Balaban J connectivity index is 1.52. The number of rotatable bonds is 4. The van der Waals surface area contributed by atoms with Gasteiger partial charge >= 0.3 is 0 Å². The van der Waals surface area contributed by atoms with Crippen molar-refractivity contribution in [3.63, 3.8) is 0 Å². The molecule has 2 aliphatic heterocycles. The number of sulfone groups is 1. The van der Waals surface area contributed by atoms with E-state index in [1.165, 1.54) is 11.8 Å². The molecule has 1 atom stereocenters. The number of nitrogens with one attached hydrogen (secondary N) is 1. The van der Waals surface area contributed by atoms with Crippen LogP contribution < -0.4 is 14.8 Å². The highest BCUT2D eigenvalue weighted by atomic mass is 32.2. The zero-order valence-corrected chi connectivity index (χ0v) is 14.2. The summed E-state index contributed by atoms with van der Waals surface area (Å²) in [5.74, 6) is 1.74. The molecule has 0 aromatic heterocycles. The number of benzene rings is 1. The Bertz CT molecular complexity index is 689. The van der Waals surface area contributed by atoms with Gasteiger partial charge in [0.2, 0.25) is 5.91 Å². The van der Waals surface area contributed by atoms with Gasteiger partial charge in [0.1, 0.15) is 0 Å². The summed E-state index contributed by atoms with van der Waals surface area (Å²) in [7, 11) is -2.97. The maximum Gasteiger partial charge on any atom is 0.230 e. The van der Waals surface area contributed by atoms with Gasteiger partial charge in [0.25, 0.3) is 0 Å². The van der Waals surface area contributed by atoms with Crippen LogP contribution in [0.2, 0.25) is 0 Å². The Morgan fingerprint density at radius 3 is 2.78 bits per heavy atom. The SMILES string of the molecule is O=C(CSc1ccc2c(c1)OCCCO2)NC1CCS(=O)(=O)C1. The van der Waals surface area contributed by atoms with Crippen LogP contribution in [0.1, 0.15) is 12.8 Å². The third-order valence-electron chi connectivity index (χ3n) is 3.69. The molecule has 1 N–H and O–H groups in total. The largest absolute Gasteiger partial charge is 0.490 e. The van der Waals surface area contributed by atoms with Crippen molar-refractivity contribution in [2.24, 2.45) is 0 Å². The lowest BCUT2D eigenvalue weighted by atomic mass is 10.3. The van der Waals surface area contributed by atoms with Crippen molar-refractivity contribution in [3.8, 4) is 11.5 Å². The fourth-order valence-electron chi connectivity index (χ4n) is 2.56. The van der Waals surface area contributed by atoms with Crippen molar-refractivity contribution in [1.29, 1.82) is 0 Å². The van der Waals surface area contributed by atoms with Gasteiger partial charge in [-0.25, -0.2) is 8.42 Å². The van der Waals surface area contributed by atoms with Crippen molar-refractivity contribution >= 4 is 27.5 Å². The highest BCUT2D eigenvalue weighted by Gasteiger charge is 2.28. The van der Waals surface area contributed by atoms with E-state index in [-0.39, 0.29) is 29.2 Å². The van der Waals surface area contributed by atoms with E-state index in [1.807, 2.05) is 18.2 Å². The predicted molar refractivity (Wildman–Crippen MR) is 88.0 cm³/mol. The third kappa shape index (κ3) is 4.54. The molecule has 8 heteroatoms. The van der Waals surface area contributed by atoms with Crippen LogP contribution in [-0.2, 0) is 14.6 Å². The Kier molecular flexibility index (Phi) is 5.01. The number of fused-ring (bicyclic) bond motifs is 1. The molecule has 0 aliphatic carbocycles. The van der Waals surface area contributed by atoms with Gasteiger partial charge in [-0.1, -0.05) is 0 Å². The molecule has 0 spiro atoms. The summed E-state index contributed by atoms with van der Waals surface area (Å²) in [6.45, 7) is 1.27. The summed E-state index contributed by atoms with van der Waals surface area (Å²) >= 11 is 1.39. The van der Waals surface area contributed by atoms with Gasteiger partial charge in [-0.2, -0.15) is 0 Å². The van der Waals surface area contributed by atoms with Gasteiger partial charge in [0.15, 0.2) is 21.3 Å². The van der Waals surface area contributed by atoms with Gasteiger partial charge in [-0.15, -0.1) is 11.8 Å². The first-order valence-corrected chi connectivity index (χ1v) is 10.3. The Labute approximate surface area is 139 Å². The number of amides is 1. The lowest BCUT2D eigenvalue weighted by Gasteiger charge is -2.11. The Morgan fingerprint density at radius 1 is 1.26 bits per heavy atom. The molecule has 2 aliphatic rings. The van der Waals surface area contributed by atoms with E-state index < -0.39 is 9.84 Å². The van der Waals surface area contributed by atoms with Crippen molar-refractivity contribution in [3.05, 3.63) is 18.2 Å². The summed E-state index contributed by atoms with van der Waals surface area (Å²) in [5, 5.41) is 2.78. The van der Waals surface area contributed by atoms with Crippen molar-refractivity contribution in [2.75, 3.05) is 30.5 Å². The highest BCUT2D eigenvalue weighted by molar-refractivity contribution is 8.00.